The number of nitrogens with two attached hydrogens (primary N) is 1. The van der Waals surface area contributed by atoms with Gasteiger partial charge in [0.1, 0.15) is 18.1 Å². The Kier molecular flexibility index (Phi) is 8.45. The van der Waals surface area contributed by atoms with Crippen LogP contribution in [0.15, 0.2) is 30.3 Å². The van der Waals surface area contributed by atoms with E-state index in [-0.39, 0.29) is 43.5 Å². The fourth-order valence-electron chi connectivity index (χ4n) is 11.3. The number of nitrogens with zero attached hydrogens (tertiary/aromatic N) is 2. The highest BCUT2D eigenvalue weighted by atomic mass is 32.2. The number of aromatic hydroxyl groups is 1. The van der Waals surface area contributed by atoms with E-state index in [1.54, 1.807) is 18.9 Å². The van der Waals surface area contributed by atoms with E-state index in [9.17, 15) is 15.0 Å². The van der Waals surface area contributed by atoms with Gasteiger partial charge in [0.05, 0.1) is 18.8 Å². The second-order valence-electron chi connectivity index (χ2n) is 17.0. The van der Waals surface area contributed by atoms with Crippen molar-refractivity contribution in [3.05, 3.63) is 75.0 Å². The van der Waals surface area contributed by atoms with Gasteiger partial charge in [0.25, 0.3) is 0 Å². The van der Waals surface area contributed by atoms with Crippen LogP contribution in [0.5, 0.6) is 28.7 Å². The summed E-state index contributed by atoms with van der Waals surface area (Å²) >= 11 is 1.54. The molecule has 0 amide bonds. The Labute approximate surface area is 340 Å². The van der Waals surface area contributed by atoms with Gasteiger partial charge >= 0.3 is 11.9 Å². The minimum Gasteiger partial charge on any atom is -0.504 e. The lowest BCUT2D eigenvalue weighted by Crippen LogP contribution is -2.63. The number of carbonyl (C=O) groups excluding carboxylic acids is 2. The molecule has 306 valence electrons. The van der Waals surface area contributed by atoms with Crippen molar-refractivity contribution < 1.29 is 43.5 Å². The van der Waals surface area contributed by atoms with Crippen LogP contribution in [0.1, 0.15) is 89.2 Å². The number of thioether (sulfide) groups is 1. The molecule has 7 aliphatic heterocycles. The molecule has 14 nitrogen and oxygen atoms in total. The van der Waals surface area contributed by atoms with Crippen molar-refractivity contribution in [2.75, 3.05) is 45.9 Å². The van der Waals surface area contributed by atoms with E-state index in [2.05, 4.69) is 39.2 Å². The van der Waals surface area contributed by atoms with Gasteiger partial charge in [0.2, 0.25) is 6.79 Å². The highest BCUT2D eigenvalue weighted by Gasteiger charge is 2.63. The highest BCUT2D eigenvalue weighted by molar-refractivity contribution is 7.99. The Morgan fingerprint density at radius 2 is 1.88 bits per heavy atom. The van der Waals surface area contributed by atoms with Crippen LogP contribution in [0.25, 0.3) is 10.9 Å². The number of phenols is 1. The molecule has 3 aromatic carbocycles. The predicted octanol–water partition coefficient (Wildman–Crippen LogP) is 4.59. The Hall–Kier alpha value is -4.51. The number of aryl methyl sites for hydroxylation is 1. The number of nitrogens with one attached hydrogen (secondary N) is 2. The van der Waals surface area contributed by atoms with Crippen molar-refractivity contribution in [1.29, 1.82) is 0 Å². The maximum Gasteiger partial charge on any atom is 0.333 e. The average Bonchev–Trinajstić information content (AvgIpc) is 3.95. The SMILES string of the molecule is COc1c(C)cc2c(c1O)[C@H](C)N1C[C@](O)(N3C[C@@H]4SC[C@]5(N[C@@H](CN)Cc6c5[nH]c5ccccc65)C(=O)OC[C@H]3c3c5c(c(C)c(OC(C)=O)c34)OCO5)C[C@]21C. The minimum absolute atomic E-state index is 0.0379. The van der Waals surface area contributed by atoms with Gasteiger partial charge in [-0.05, 0) is 62.9 Å². The molecule has 6 N–H and O–H groups in total. The van der Waals surface area contributed by atoms with E-state index < -0.39 is 40.0 Å². The number of aromatic amines is 1. The topological polar surface area (TPSA) is 181 Å². The van der Waals surface area contributed by atoms with Crippen LogP contribution in [0.2, 0.25) is 0 Å². The third-order valence-corrected chi connectivity index (χ3v) is 15.1. The Morgan fingerprint density at radius 1 is 1.10 bits per heavy atom. The zero-order chi connectivity index (χ0) is 40.6. The molecule has 0 aliphatic carbocycles. The summed E-state index contributed by atoms with van der Waals surface area (Å²) in [4.78, 5) is 35.7. The molecule has 0 saturated carbocycles. The zero-order valence-electron chi connectivity index (χ0n) is 33.5. The van der Waals surface area contributed by atoms with E-state index in [1.807, 2.05) is 39.0 Å². The van der Waals surface area contributed by atoms with Crippen LogP contribution in [-0.2, 0) is 31.8 Å². The number of hydrogen-bond donors (Lipinski definition) is 5. The molecule has 2 fully saturated rings. The number of phenolic OH excluding ortho intramolecular Hbond substituents is 1. The molecule has 1 aromatic heterocycles. The normalized spacial score (nSPS) is 31.2. The first-order valence-electron chi connectivity index (χ1n) is 19.9. The van der Waals surface area contributed by atoms with E-state index in [1.165, 1.54) is 6.92 Å². The lowest BCUT2D eigenvalue weighted by atomic mass is 9.82. The van der Waals surface area contributed by atoms with E-state index in [0.717, 1.165) is 44.4 Å². The number of H-pyrrole nitrogens is 1. The Balaban J connectivity index is 1.13. The second kappa shape index (κ2) is 13.0. The van der Waals surface area contributed by atoms with E-state index >= 15 is 4.79 Å². The van der Waals surface area contributed by atoms with Crippen molar-refractivity contribution in [2.24, 2.45) is 5.73 Å². The summed E-state index contributed by atoms with van der Waals surface area (Å²) in [6.45, 7) is 10.0. The number of methoxy groups -OCH3 is 1. The van der Waals surface area contributed by atoms with Gasteiger partial charge < -0.3 is 44.6 Å². The number of fused-ring (bicyclic) bond motifs is 11. The van der Waals surface area contributed by atoms with Crippen LogP contribution >= 0.6 is 11.8 Å². The summed E-state index contributed by atoms with van der Waals surface area (Å²) in [6, 6.07) is 8.94. The van der Waals surface area contributed by atoms with E-state index in [0.29, 0.717) is 60.1 Å². The summed E-state index contributed by atoms with van der Waals surface area (Å²) in [7, 11) is 1.56. The number of rotatable bonds is 4. The molecule has 7 aliphatic rings. The third-order valence-electron chi connectivity index (χ3n) is 13.7. The van der Waals surface area contributed by atoms with Crippen LogP contribution in [0, 0.1) is 13.8 Å². The van der Waals surface area contributed by atoms with Gasteiger partial charge in [-0.25, -0.2) is 4.79 Å². The molecule has 2 saturated heterocycles. The molecular weight excluding hydrogens is 763 g/mol. The van der Waals surface area contributed by atoms with Gasteiger partial charge in [-0.15, -0.1) is 11.8 Å². The summed E-state index contributed by atoms with van der Waals surface area (Å²) in [5.74, 6) is 1.24. The van der Waals surface area contributed by atoms with Gasteiger partial charge in [0, 0.05) is 94.8 Å². The standard InChI is InChI=1S/C43H49N5O9S/c1-20-11-27-31(34(50)35(20)53-6)22(3)48-17-42(52,16-41(27,48)5)47-14-30-33-32(38-37(55-19-56-38)21(2)36(33)57-23(4)49)29(47)15-54-40(51)43(18-58-30)39-26(12-24(13-44)46-43)25-9-7-8-10-28(25)45-39/h7-11,22,24,29-30,45-46,50,52H,12-19,44H2,1-6H3/t22-,24+,29-,30-,41+,42-,43+/m0/s1. The molecule has 7 atom stereocenters. The minimum atomic E-state index is -1.44. The number of aliphatic hydroxyl groups is 1. The molecule has 1 spiro atoms. The predicted molar refractivity (Wildman–Crippen MR) is 215 cm³/mol. The number of para-hydroxylation sites is 1. The zero-order valence-corrected chi connectivity index (χ0v) is 34.3. The maximum atomic E-state index is 15.0. The fourth-order valence-corrected chi connectivity index (χ4v) is 12.7. The van der Waals surface area contributed by atoms with Crippen molar-refractivity contribution >= 4 is 34.6 Å². The molecule has 0 unspecified atom stereocenters. The quantitative estimate of drug-likeness (QED) is 0.143. The van der Waals surface area contributed by atoms with Gasteiger partial charge in [0.15, 0.2) is 28.5 Å². The van der Waals surface area contributed by atoms with Crippen LogP contribution in [-0.4, -0.2) is 94.6 Å². The number of carbonyl (C=O) groups is 2. The number of hydrogen-bond acceptors (Lipinski definition) is 14. The van der Waals surface area contributed by atoms with Gasteiger partial charge in [-0.3, -0.25) is 19.9 Å². The lowest BCUT2D eigenvalue weighted by molar-refractivity contribution is -0.165. The van der Waals surface area contributed by atoms with Crippen molar-refractivity contribution in [2.45, 2.75) is 87.6 Å². The lowest BCUT2D eigenvalue weighted by Gasteiger charge is -2.50. The smallest absolute Gasteiger partial charge is 0.333 e. The third kappa shape index (κ3) is 5.03. The van der Waals surface area contributed by atoms with Crippen molar-refractivity contribution in [3.8, 4) is 28.7 Å². The van der Waals surface area contributed by atoms with Crippen molar-refractivity contribution in [1.82, 2.24) is 20.1 Å². The van der Waals surface area contributed by atoms with Crippen LogP contribution < -0.4 is 30.0 Å². The molecule has 2 bridgehead atoms. The van der Waals surface area contributed by atoms with Crippen molar-refractivity contribution in [3.63, 3.8) is 0 Å². The first kappa shape index (κ1) is 37.7. The number of ether oxygens (including phenoxy) is 5. The highest BCUT2D eigenvalue weighted by Crippen LogP contribution is 2.63. The second-order valence-corrected chi connectivity index (χ2v) is 18.2. The average molecular weight is 812 g/mol. The Morgan fingerprint density at radius 3 is 2.64 bits per heavy atom. The largest absolute Gasteiger partial charge is 0.504 e. The number of benzene rings is 3. The summed E-state index contributed by atoms with van der Waals surface area (Å²) < 4.78 is 30.5. The van der Waals surface area contributed by atoms with Gasteiger partial charge in [-0.1, -0.05) is 18.2 Å². The first-order valence-corrected chi connectivity index (χ1v) is 21.0. The maximum absolute atomic E-state index is 15.0. The van der Waals surface area contributed by atoms with Crippen LogP contribution in [0.3, 0.4) is 0 Å². The Bertz CT molecular complexity index is 2440. The molecular formula is C43H49N5O9S. The summed E-state index contributed by atoms with van der Waals surface area (Å²) in [6.07, 6.45) is 0.940. The molecule has 15 heteroatoms. The summed E-state index contributed by atoms with van der Waals surface area (Å²) in [5.41, 5.74) is 10.3. The molecule has 0 radical (unpaired) electrons. The molecule has 58 heavy (non-hydrogen) atoms. The fraction of sp³-hybridized carbons (Fsp3) is 0.488. The number of esters is 2. The monoisotopic (exact) mass is 811 g/mol. The summed E-state index contributed by atoms with van der Waals surface area (Å²) in [5, 5.41) is 29.0. The van der Waals surface area contributed by atoms with E-state index in [4.69, 9.17) is 29.4 Å². The molecule has 11 rings (SSSR count). The molecule has 8 heterocycles. The van der Waals surface area contributed by atoms with Gasteiger partial charge in [-0.2, -0.15) is 0 Å². The number of aromatic nitrogens is 1. The molecule has 4 aromatic rings. The van der Waals surface area contributed by atoms with Crippen LogP contribution in [0.4, 0.5) is 0 Å². The first-order chi connectivity index (χ1) is 27.7.